The van der Waals surface area contributed by atoms with Gasteiger partial charge in [-0.25, -0.2) is 0 Å². The fraction of sp³-hybridized carbons (Fsp3) is 0.800. The zero-order valence-corrected chi connectivity index (χ0v) is 9.20. The topological polar surface area (TPSA) is 72.2 Å². The number of hydrogen-bond donors (Lipinski definition) is 2. The SMILES string of the molecule is CC(C)[C@H](N)C(=O)N[C@H]([C]=O)C(C)C. The molecule has 0 heterocycles. The molecule has 0 rings (SSSR count). The van der Waals surface area contributed by atoms with E-state index in [1.54, 1.807) is 6.29 Å². The van der Waals surface area contributed by atoms with Gasteiger partial charge in [-0.1, -0.05) is 27.7 Å². The van der Waals surface area contributed by atoms with Crippen LogP contribution in [0.5, 0.6) is 0 Å². The highest BCUT2D eigenvalue weighted by Crippen LogP contribution is 2.02. The van der Waals surface area contributed by atoms with Crippen molar-refractivity contribution in [3.8, 4) is 0 Å². The van der Waals surface area contributed by atoms with Gasteiger partial charge in [0.1, 0.15) is 0 Å². The highest BCUT2D eigenvalue weighted by Gasteiger charge is 2.22. The van der Waals surface area contributed by atoms with Crippen LogP contribution in [0.2, 0.25) is 0 Å². The van der Waals surface area contributed by atoms with Gasteiger partial charge in [-0.2, -0.15) is 0 Å². The number of amides is 1. The Hall–Kier alpha value is -0.900. The Bertz CT molecular complexity index is 202. The molecule has 0 saturated heterocycles. The summed E-state index contributed by atoms with van der Waals surface area (Å²) < 4.78 is 0. The second-order valence-corrected chi connectivity index (χ2v) is 4.12. The molecule has 14 heavy (non-hydrogen) atoms. The molecule has 0 aromatic rings. The smallest absolute Gasteiger partial charge is 0.237 e. The molecule has 0 bridgehead atoms. The minimum atomic E-state index is -0.565. The van der Waals surface area contributed by atoms with Crippen LogP contribution >= 0.6 is 0 Å². The Kier molecular flexibility index (Phi) is 5.38. The maximum atomic E-state index is 11.4. The maximum absolute atomic E-state index is 11.4. The van der Waals surface area contributed by atoms with Gasteiger partial charge in [-0.05, 0) is 11.8 Å². The van der Waals surface area contributed by atoms with Gasteiger partial charge in [0.05, 0.1) is 12.1 Å². The minimum absolute atomic E-state index is 0.0378. The molecule has 81 valence electrons. The molecule has 3 N–H and O–H groups in total. The molecule has 0 fully saturated rings. The van der Waals surface area contributed by atoms with E-state index in [0.29, 0.717) is 0 Å². The van der Waals surface area contributed by atoms with Crippen molar-refractivity contribution in [1.29, 1.82) is 0 Å². The Morgan fingerprint density at radius 2 is 1.71 bits per heavy atom. The zero-order chi connectivity index (χ0) is 11.3. The molecule has 2 atom stereocenters. The third-order valence-electron chi connectivity index (χ3n) is 2.11. The van der Waals surface area contributed by atoms with E-state index in [0.717, 1.165) is 0 Å². The average Bonchev–Trinajstić information content (AvgIpc) is 2.11. The Morgan fingerprint density at radius 1 is 1.21 bits per heavy atom. The quantitative estimate of drug-likeness (QED) is 0.665. The summed E-state index contributed by atoms with van der Waals surface area (Å²) >= 11 is 0. The lowest BCUT2D eigenvalue weighted by atomic mass is 10.0. The van der Waals surface area contributed by atoms with E-state index < -0.39 is 12.1 Å². The molecule has 0 aromatic heterocycles. The summed E-state index contributed by atoms with van der Waals surface area (Å²) in [6.07, 6.45) is 1.79. The molecule has 1 amide bonds. The third kappa shape index (κ3) is 3.87. The monoisotopic (exact) mass is 199 g/mol. The molecular formula is C10H19N2O2. The summed E-state index contributed by atoms with van der Waals surface area (Å²) in [7, 11) is 0. The molecule has 0 aliphatic carbocycles. The second kappa shape index (κ2) is 5.75. The van der Waals surface area contributed by atoms with E-state index in [9.17, 15) is 9.59 Å². The number of hydrogen-bond acceptors (Lipinski definition) is 3. The standard InChI is InChI=1S/C10H19N2O2/c1-6(2)8(5-13)12-10(14)9(11)7(3)4/h6-9H,11H2,1-4H3,(H,12,14)/t8-,9+/m1/s1. The normalized spacial score (nSPS) is 15.4. The predicted molar refractivity (Wildman–Crippen MR) is 55.3 cm³/mol. The van der Waals surface area contributed by atoms with Crippen molar-refractivity contribution in [2.75, 3.05) is 0 Å². The van der Waals surface area contributed by atoms with Gasteiger partial charge in [-0.15, -0.1) is 0 Å². The van der Waals surface area contributed by atoms with E-state index in [2.05, 4.69) is 5.32 Å². The third-order valence-corrected chi connectivity index (χ3v) is 2.11. The van der Waals surface area contributed by atoms with Crippen molar-refractivity contribution in [2.24, 2.45) is 17.6 Å². The van der Waals surface area contributed by atoms with Gasteiger partial charge in [0.2, 0.25) is 12.2 Å². The highest BCUT2D eigenvalue weighted by atomic mass is 16.2. The molecule has 0 spiro atoms. The molecule has 1 radical (unpaired) electrons. The van der Waals surface area contributed by atoms with E-state index in [1.165, 1.54) is 0 Å². The van der Waals surface area contributed by atoms with Crippen molar-refractivity contribution in [3.63, 3.8) is 0 Å². The summed E-state index contributed by atoms with van der Waals surface area (Å²) in [5.41, 5.74) is 5.62. The lowest BCUT2D eigenvalue weighted by molar-refractivity contribution is -0.123. The Labute approximate surface area is 85.2 Å². The van der Waals surface area contributed by atoms with Gasteiger partial charge in [-0.3, -0.25) is 9.59 Å². The maximum Gasteiger partial charge on any atom is 0.237 e. The summed E-state index contributed by atoms with van der Waals surface area (Å²) in [5.74, 6) is -0.188. The highest BCUT2D eigenvalue weighted by molar-refractivity contribution is 5.84. The number of carbonyl (C=O) groups excluding carboxylic acids is 2. The van der Waals surface area contributed by atoms with Crippen LogP contribution in [0.15, 0.2) is 0 Å². The molecule has 4 heteroatoms. The largest absolute Gasteiger partial charge is 0.344 e. The first-order valence-corrected chi connectivity index (χ1v) is 4.83. The van der Waals surface area contributed by atoms with Crippen molar-refractivity contribution in [2.45, 2.75) is 39.8 Å². The van der Waals surface area contributed by atoms with Crippen LogP contribution in [-0.2, 0) is 9.59 Å². The minimum Gasteiger partial charge on any atom is -0.344 e. The van der Waals surface area contributed by atoms with Gasteiger partial charge in [0.15, 0.2) is 0 Å². The Balaban J connectivity index is 4.22. The molecule has 0 aromatic carbocycles. The number of nitrogens with two attached hydrogens (primary N) is 1. The molecule has 0 aliphatic rings. The van der Waals surface area contributed by atoms with Crippen molar-refractivity contribution >= 4 is 12.2 Å². The lowest BCUT2D eigenvalue weighted by Gasteiger charge is -2.20. The molecule has 0 aliphatic heterocycles. The molecular weight excluding hydrogens is 180 g/mol. The first-order chi connectivity index (χ1) is 6.40. The predicted octanol–water partition coefficient (Wildman–Crippen LogP) is 0.220. The van der Waals surface area contributed by atoms with Gasteiger partial charge in [0, 0.05) is 0 Å². The number of carbonyl (C=O) groups is 1. The van der Waals surface area contributed by atoms with Gasteiger partial charge in [0.25, 0.3) is 0 Å². The van der Waals surface area contributed by atoms with Crippen LogP contribution in [0, 0.1) is 11.8 Å². The van der Waals surface area contributed by atoms with E-state index >= 15 is 0 Å². The first kappa shape index (κ1) is 13.1. The van der Waals surface area contributed by atoms with Crippen LogP contribution in [0.25, 0.3) is 0 Å². The number of rotatable bonds is 5. The molecule has 0 unspecified atom stereocenters. The fourth-order valence-corrected chi connectivity index (χ4v) is 0.884. The molecule has 0 saturated carbocycles. The van der Waals surface area contributed by atoms with Gasteiger partial charge < -0.3 is 11.1 Å². The van der Waals surface area contributed by atoms with E-state index in [1.807, 2.05) is 27.7 Å². The number of nitrogens with one attached hydrogen (secondary N) is 1. The van der Waals surface area contributed by atoms with Crippen molar-refractivity contribution in [3.05, 3.63) is 0 Å². The van der Waals surface area contributed by atoms with Crippen LogP contribution in [0.3, 0.4) is 0 Å². The zero-order valence-electron chi connectivity index (χ0n) is 9.20. The van der Waals surface area contributed by atoms with Gasteiger partial charge >= 0.3 is 0 Å². The van der Waals surface area contributed by atoms with Crippen molar-refractivity contribution < 1.29 is 9.59 Å². The summed E-state index contributed by atoms with van der Waals surface area (Å²) in [4.78, 5) is 21.9. The van der Waals surface area contributed by atoms with Crippen LogP contribution < -0.4 is 11.1 Å². The summed E-state index contributed by atoms with van der Waals surface area (Å²) in [5, 5.41) is 2.56. The van der Waals surface area contributed by atoms with Crippen LogP contribution in [-0.4, -0.2) is 24.3 Å². The molecule has 4 nitrogen and oxygen atoms in total. The average molecular weight is 199 g/mol. The second-order valence-electron chi connectivity index (χ2n) is 4.12. The lowest BCUT2D eigenvalue weighted by Crippen LogP contribution is -2.49. The Morgan fingerprint density at radius 3 is 2.00 bits per heavy atom. The van der Waals surface area contributed by atoms with Crippen LogP contribution in [0.4, 0.5) is 0 Å². The van der Waals surface area contributed by atoms with E-state index in [4.69, 9.17) is 5.73 Å². The summed E-state index contributed by atoms with van der Waals surface area (Å²) in [6, 6.07) is -1.13. The van der Waals surface area contributed by atoms with Crippen molar-refractivity contribution in [1.82, 2.24) is 5.32 Å². The van der Waals surface area contributed by atoms with Crippen LogP contribution in [0.1, 0.15) is 27.7 Å². The van der Waals surface area contributed by atoms with E-state index in [-0.39, 0.29) is 17.7 Å². The first-order valence-electron chi connectivity index (χ1n) is 4.83. The summed E-state index contributed by atoms with van der Waals surface area (Å²) in [6.45, 7) is 7.41. The fourth-order valence-electron chi connectivity index (χ4n) is 0.884.